The smallest absolute Gasteiger partial charge is 0.270 e. The van der Waals surface area contributed by atoms with Crippen LogP contribution in [0.15, 0.2) is 84.9 Å². The largest absolute Gasteiger partial charge is 0.507 e. The van der Waals surface area contributed by atoms with E-state index in [0.29, 0.717) is 5.75 Å². The van der Waals surface area contributed by atoms with Gasteiger partial charge in [0.25, 0.3) is 5.69 Å². The number of phenols is 1. The van der Waals surface area contributed by atoms with E-state index in [1.807, 2.05) is 60.7 Å². The summed E-state index contributed by atoms with van der Waals surface area (Å²) in [6.45, 7) is 0. The van der Waals surface area contributed by atoms with Crippen molar-refractivity contribution in [3.05, 3.63) is 95.0 Å². The van der Waals surface area contributed by atoms with Crippen molar-refractivity contribution in [2.75, 3.05) is 0 Å². The van der Waals surface area contributed by atoms with Crippen molar-refractivity contribution in [3.63, 3.8) is 0 Å². The Hall–Kier alpha value is -4.32. The summed E-state index contributed by atoms with van der Waals surface area (Å²) in [6, 6.07) is 26.1. The van der Waals surface area contributed by atoms with Crippen LogP contribution < -0.4 is 0 Å². The Morgan fingerprint density at radius 1 is 0.667 bits per heavy atom. The lowest BCUT2D eigenvalue weighted by Crippen LogP contribution is -1.86. The summed E-state index contributed by atoms with van der Waals surface area (Å²) in [5.41, 5.74) is 4.08. The van der Waals surface area contributed by atoms with Gasteiger partial charge in [-0.25, -0.2) is 0 Å². The fraction of sp³-hybridized carbons (Fsp3) is 0. The SMILES string of the molecule is O=[N+]([O-])c1ccc2[nH]c3ccccc3c2c1.Oc1cccc2[nH]c3ccccc3c12. The van der Waals surface area contributed by atoms with E-state index in [1.54, 1.807) is 18.2 Å². The Bertz CT molecular complexity index is 1550. The summed E-state index contributed by atoms with van der Waals surface area (Å²) in [6.07, 6.45) is 0. The van der Waals surface area contributed by atoms with E-state index < -0.39 is 0 Å². The van der Waals surface area contributed by atoms with Crippen LogP contribution in [-0.2, 0) is 0 Å². The Morgan fingerprint density at radius 2 is 1.27 bits per heavy atom. The molecule has 0 amide bonds. The standard InChI is InChI=1S/C12H8N2O2.C12H9NO/c15-14(16)8-5-6-12-10(7-8)9-3-1-2-4-11(9)13-12;14-11-7-3-6-10-12(11)8-4-1-2-5-9(8)13-10/h1-7,13H;1-7,13-14H. The Kier molecular flexibility index (Phi) is 4.10. The van der Waals surface area contributed by atoms with Gasteiger partial charge in [0.05, 0.1) is 10.4 Å². The van der Waals surface area contributed by atoms with Crippen molar-refractivity contribution in [2.45, 2.75) is 0 Å². The van der Waals surface area contributed by atoms with Crippen molar-refractivity contribution in [2.24, 2.45) is 0 Å². The third kappa shape index (κ3) is 2.91. The zero-order chi connectivity index (χ0) is 20.7. The summed E-state index contributed by atoms with van der Waals surface area (Å²) in [5.74, 6) is 0.333. The van der Waals surface area contributed by atoms with Crippen molar-refractivity contribution < 1.29 is 10.0 Å². The number of phenolic OH excluding ortho intramolecular Hbond substituents is 1. The van der Waals surface area contributed by atoms with E-state index >= 15 is 0 Å². The molecule has 146 valence electrons. The predicted molar refractivity (Wildman–Crippen MR) is 120 cm³/mol. The molecule has 0 aliphatic carbocycles. The van der Waals surface area contributed by atoms with Gasteiger partial charge in [-0.05, 0) is 30.3 Å². The maximum Gasteiger partial charge on any atom is 0.270 e. The number of aromatic amines is 2. The number of hydrogen-bond donors (Lipinski definition) is 3. The highest BCUT2D eigenvalue weighted by molar-refractivity contribution is 6.10. The van der Waals surface area contributed by atoms with Gasteiger partial charge in [0.2, 0.25) is 0 Å². The first-order valence-electron chi connectivity index (χ1n) is 9.45. The molecule has 2 aromatic heterocycles. The molecule has 0 radical (unpaired) electrons. The fourth-order valence-electron chi connectivity index (χ4n) is 3.83. The maximum absolute atomic E-state index is 10.7. The molecule has 3 N–H and O–H groups in total. The first-order valence-corrected chi connectivity index (χ1v) is 9.45. The zero-order valence-electron chi connectivity index (χ0n) is 15.8. The van der Waals surface area contributed by atoms with Crippen molar-refractivity contribution in [1.29, 1.82) is 0 Å². The molecule has 0 saturated heterocycles. The van der Waals surface area contributed by atoms with Gasteiger partial charge in [-0.2, -0.15) is 0 Å². The molecule has 0 aliphatic rings. The predicted octanol–water partition coefficient (Wildman–Crippen LogP) is 6.26. The number of hydrogen-bond acceptors (Lipinski definition) is 3. The van der Waals surface area contributed by atoms with Crippen LogP contribution in [-0.4, -0.2) is 20.0 Å². The maximum atomic E-state index is 10.7. The minimum atomic E-state index is -0.374. The number of aromatic hydroxyl groups is 1. The van der Waals surface area contributed by atoms with E-state index in [2.05, 4.69) is 9.97 Å². The summed E-state index contributed by atoms with van der Waals surface area (Å²) in [5, 5.41) is 24.3. The Morgan fingerprint density at radius 3 is 2.03 bits per heavy atom. The molecule has 0 fully saturated rings. The number of para-hydroxylation sites is 2. The normalized spacial score (nSPS) is 11.1. The third-order valence-corrected chi connectivity index (χ3v) is 5.21. The molecular weight excluding hydrogens is 378 g/mol. The number of nitrogens with zero attached hydrogens (tertiary/aromatic N) is 1. The molecule has 6 rings (SSSR count). The van der Waals surface area contributed by atoms with Gasteiger partial charge in [0.15, 0.2) is 0 Å². The first-order chi connectivity index (χ1) is 14.6. The van der Waals surface area contributed by atoms with Gasteiger partial charge >= 0.3 is 0 Å². The van der Waals surface area contributed by atoms with Crippen molar-refractivity contribution >= 4 is 49.3 Å². The second-order valence-electron chi connectivity index (χ2n) is 7.03. The summed E-state index contributed by atoms with van der Waals surface area (Å²) in [7, 11) is 0. The molecule has 2 heterocycles. The molecule has 6 nitrogen and oxygen atoms in total. The number of benzene rings is 4. The van der Waals surface area contributed by atoms with E-state index in [-0.39, 0.29) is 10.6 Å². The second-order valence-corrected chi connectivity index (χ2v) is 7.03. The first kappa shape index (κ1) is 17.8. The molecule has 0 spiro atoms. The van der Waals surface area contributed by atoms with E-state index in [9.17, 15) is 15.2 Å². The Labute approximate surface area is 170 Å². The van der Waals surface area contributed by atoms with E-state index in [0.717, 1.165) is 43.6 Å². The van der Waals surface area contributed by atoms with E-state index in [4.69, 9.17) is 0 Å². The average Bonchev–Trinajstić information content (AvgIpc) is 3.32. The third-order valence-electron chi connectivity index (χ3n) is 5.21. The molecule has 6 aromatic rings. The lowest BCUT2D eigenvalue weighted by molar-refractivity contribution is -0.384. The monoisotopic (exact) mass is 395 g/mol. The molecule has 0 saturated carbocycles. The average molecular weight is 395 g/mol. The summed E-state index contributed by atoms with van der Waals surface area (Å²) in [4.78, 5) is 16.8. The number of non-ortho nitro benzene ring substituents is 1. The summed E-state index contributed by atoms with van der Waals surface area (Å²) < 4.78 is 0. The molecule has 4 aromatic carbocycles. The number of aromatic nitrogens is 2. The van der Waals surface area contributed by atoms with Gasteiger partial charge in [-0.15, -0.1) is 0 Å². The molecule has 30 heavy (non-hydrogen) atoms. The van der Waals surface area contributed by atoms with Gasteiger partial charge in [0.1, 0.15) is 5.75 Å². The van der Waals surface area contributed by atoms with Crippen LogP contribution in [0.4, 0.5) is 5.69 Å². The van der Waals surface area contributed by atoms with Crippen LogP contribution >= 0.6 is 0 Å². The van der Waals surface area contributed by atoms with Gasteiger partial charge in [0, 0.05) is 50.2 Å². The molecule has 0 aliphatic heterocycles. The number of nitro groups is 1. The van der Waals surface area contributed by atoms with Crippen LogP contribution in [0.1, 0.15) is 0 Å². The van der Waals surface area contributed by atoms with Gasteiger partial charge in [-0.3, -0.25) is 10.1 Å². The number of nitrogens with one attached hydrogen (secondary N) is 2. The van der Waals surface area contributed by atoms with E-state index in [1.165, 1.54) is 6.07 Å². The molecule has 0 bridgehead atoms. The topological polar surface area (TPSA) is 94.9 Å². The molecule has 6 heteroatoms. The molecular formula is C24H17N3O3. The van der Waals surface area contributed by atoms with Gasteiger partial charge in [-0.1, -0.05) is 42.5 Å². The highest BCUT2D eigenvalue weighted by Crippen LogP contribution is 2.31. The molecule has 0 unspecified atom stereocenters. The van der Waals surface area contributed by atoms with Crippen LogP contribution in [0, 0.1) is 10.1 Å². The minimum Gasteiger partial charge on any atom is -0.507 e. The number of nitro benzene ring substituents is 1. The quantitative estimate of drug-likeness (QED) is 0.227. The van der Waals surface area contributed by atoms with Crippen LogP contribution in [0.2, 0.25) is 0 Å². The lowest BCUT2D eigenvalue weighted by Gasteiger charge is -1.93. The number of rotatable bonds is 1. The second kappa shape index (κ2) is 6.93. The fourth-order valence-corrected chi connectivity index (χ4v) is 3.83. The highest BCUT2D eigenvalue weighted by atomic mass is 16.6. The van der Waals surface area contributed by atoms with Crippen LogP contribution in [0.25, 0.3) is 43.6 Å². The Balaban J connectivity index is 0.000000130. The van der Waals surface area contributed by atoms with Crippen LogP contribution in [0.3, 0.4) is 0 Å². The number of fused-ring (bicyclic) bond motifs is 6. The van der Waals surface area contributed by atoms with Crippen molar-refractivity contribution in [3.8, 4) is 5.75 Å². The minimum absolute atomic E-state index is 0.122. The summed E-state index contributed by atoms with van der Waals surface area (Å²) >= 11 is 0. The number of H-pyrrole nitrogens is 2. The van der Waals surface area contributed by atoms with Gasteiger partial charge < -0.3 is 15.1 Å². The zero-order valence-corrected chi connectivity index (χ0v) is 15.8. The van der Waals surface area contributed by atoms with Crippen LogP contribution in [0.5, 0.6) is 5.75 Å². The lowest BCUT2D eigenvalue weighted by atomic mass is 10.1. The highest BCUT2D eigenvalue weighted by Gasteiger charge is 2.09. The van der Waals surface area contributed by atoms with Crippen molar-refractivity contribution in [1.82, 2.24) is 9.97 Å². The molecule has 0 atom stereocenters.